The number of nitrogens with zero attached hydrogens (tertiary/aromatic N) is 5. The van der Waals surface area contributed by atoms with Gasteiger partial charge in [-0.25, -0.2) is 4.98 Å². The third kappa shape index (κ3) is 4.46. The SMILES string of the molecule is CCN(C(=O)CN1CCN(C(=O)c2cnccn2)CC1)C1=CCCCC1. The molecule has 7 heteroatoms. The Balaban J connectivity index is 1.51. The maximum atomic E-state index is 12.7. The highest BCUT2D eigenvalue weighted by Crippen LogP contribution is 2.21. The minimum Gasteiger partial charge on any atom is -0.335 e. The first kappa shape index (κ1) is 18.5. The molecule has 0 unspecified atom stereocenters. The van der Waals surface area contributed by atoms with Crippen molar-refractivity contribution < 1.29 is 9.59 Å². The molecule has 3 rings (SSSR count). The van der Waals surface area contributed by atoms with Crippen molar-refractivity contribution in [3.05, 3.63) is 36.1 Å². The fraction of sp³-hybridized carbons (Fsp3) is 0.579. The van der Waals surface area contributed by atoms with Gasteiger partial charge in [-0.05, 0) is 32.6 Å². The zero-order chi connectivity index (χ0) is 18.4. The summed E-state index contributed by atoms with van der Waals surface area (Å²) in [6, 6.07) is 0. The zero-order valence-electron chi connectivity index (χ0n) is 15.4. The summed E-state index contributed by atoms with van der Waals surface area (Å²) in [4.78, 5) is 39.0. The zero-order valence-corrected chi connectivity index (χ0v) is 15.4. The smallest absolute Gasteiger partial charge is 0.274 e. The number of hydrogen-bond acceptors (Lipinski definition) is 5. The highest BCUT2D eigenvalue weighted by molar-refractivity contribution is 5.92. The van der Waals surface area contributed by atoms with Crippen molar-refractivity contribution in [1.29, 1.82) is 0 Å². The minimum atomic E-state index is -0.0911. The van der Waals surface area contributed by atoms with E-state index in [-0.39, 0.29) is 11.8 Å². The lowest BCUT2D eigenvalue weighted by Crippen LogP contribution is -2.51. The lowest BCUT2D eigenvalue weighted by atomic mass is 10.0. The van der Waals surface area contributed by atoms with Crippen molar-refractivity contribution in [2.24, 2.45) is 0 Å². The van der Waals surface area contributed by atoms with Crippen LogP contribution in [0.3, 0.4) is 0 Å². The van der Waals surface area contributed by atoms with E-state index >= 15 is 0 Å². The summed E-state index contributed by atoms with van der Waals surface area (Å²) in [7, 11) is 0. The molecule has 2 amide bonds. The van der Waals surface area contributed by atoms with Crippen LogP contribution in [-0.2, 0) is 4.79 Å². The van der Waals surface area contributed by atoms with Crippen LogP contribution in [0.2, 0.25) is 0 Å². The van der Waals surface area contributed by atoms with Gasteiger partial charge in [-0.1, -0.05) is 6.08 Å². The molecule has 7 nitrogen and oxygen atoms in total. The maximum Gasteiger partial charge on any atom is 0.274 e. The number of piperazine rings is 1. The summed E-state index contributed by atoms with van der Waals surface area (Å²) in [5.74, 6) is 0.0703. The van der Waals surface area contributed by atoms with Gasteiger partial charge in [0.1, 0.15) is 5.69 Å². The number of carbonyl (C=O) groups is 2. The Kier molecular flexibility index (Phi) is 6.33. The first-order valence-electron chi connectivity index (χ1n) is 9.46. The molecule has 0 spiro atoms. The lowest BCUT2D eigenvalue weighted by molar-refractivity contribution is -0.130. The highest BCUT2D eigenvalue weighted by atomic mass is 16.2. The van der Waals surface area contributed by atoms with Crippen LogP contribution in [0.25, 0.3) is 0 Å². The molecule has 140 valence electrons. The first-order valence-corrected chi connectivity index (χ1v) is 9.46. The number of allylic oxidation sites excluding steroid dienone is 2. The summed E-state index contributed by atoms with van der Waals surface area (Å²) < 4.78 is 0. The van der Waals surface area contributed by atoms with Crippen LogP contribution in [0, 0.1) is 0 Å². The molecule has 26 heavy (non-hydrogen) atoms. The molecule has 0 saturated carbocycles. The first-order chi connectivity index (χ1) is 12.7. The molecule has 0 aromatic carbocycles. The van der Waals surface area contributed by atoms with Gasteiger partial charge in [0.05, 0.1) is 12.7 Å². The summed E-state index contributed by atoms with van der Waals surface area (Å²) in [6.45, 7) is 5.79. The van der Waals surface area contributed by atoms with Gasteiger partial charge >= 0.3 is 0 Å². The standard InChI is InChI=1S/C19H27N5O2/c1-2-24(16-6-4-3-5-7-16)18(25)15-22-10-12-23(13-11-22)19(26)17-14-20-8-9-21-17/h6,8-9,14H,2-5,7,10-13,15H2,1H3. The van der Waals surface area contributed by atoms with Crippen LogP contribution in [0.5, 0.6) is 0 Å². The molecule has 2 heterocycles. The second-order valence-corrected chi connectivity index (χ2v) is 6.74. The van der Waals surface area contributed by atoms with Crippen LogP contribution >= 0.6 is 0 Å². The van der Waals surface area contributed by atoms with Crippen LogP contribution in [-0.4, -0.2) is 75.8 Å². The molecule has 0 atom stereocenters. The number of hydrogen-bond donors (Lipinski definition) is 0. The van der Waals surface area contributed by atoms with E-state index in [1.165, 1.54) is 30.9 Å². The summed E-state index contributed by atoms with van der Waals surface area (Å²) in [5.41, 5.74) is 1.55. The van der Waals surface area contributed by atoms with E-state index in [0.29, 0.717) is 38.4 Å². The third-order valence-electron chi connectivity index (χ3n) is 5.03. The number of likely N-dealkylation sites (N-methyl/N-ethyl adjacent to an activating group) is 1. The monoisotopic (exact) mass is 357 g/mol. The predicted octanol–water partition coefficient (Wildman–Crippen LogP) is 1.54. The van der Waals surface area contributed by atoms with E-state index in [9.17, 15) is 9.59 Å². The number of amides is 2. The molecular formula is C19H27N5O2. The average molecular weight is 357 g/mol. The van der Waals surface area contributed by atoms with E-state index in [0.717, 1.165) is 19.4 Å². The van der Waals surface area contributed by atoms with Crippen molar-refractivity contribution in [2.75, 3.05) is 39.3 Å². The van der Waals surface area contributed by atoms with Crippen LogP contribution in [0.15, 0.2) is 30.4 Å². The van der Waals surface area contributed by atoms with Gasteiger partial charge in [-0.2, -0.15) is 0 Å². The predicted molar refractivity (Wildman–Crippen MR) is 98.3 cm³/mol. The normalized spacial score (nSPS) is 18.3. The largest absolute Gasteiger partial charge is 0.335 e. The van der Waals surface area contributed by atoms with E-state index in [1.807, 2.05) is 11.8 Å². The molecule has 1 fully saturated rings. The van der Waals surface area contributed by atoms with Gasteiger partial charge in [0.2, 0.25) is 5.91 Å². The third-order valence-corrected chi connectivity index (χ3v) is 5.03. The topological polar surface area (TPSA) is 69.6 Å². The van der Waals surface area contributed by atoms with Crippen LogP contribution in [0.4, 0.5) is 0 Å². The molecule has 0 radical (unpaired) electrons. The van der Waals surface area contributed by atoms with Crippen molar-refractivity contribution >= 4 is 11.8 Å². The fourth-order valence-electron chi connectivity index (χ4n) is 3.56. The Hall–Kier alpha value is -2.28. The summed E-state index contributed by atoms with van der Waals surface area (Å²) in [6.07, 6.45) is 11.2. The Labute approximate surface area is 154 Å². The second kappa shape index (κ2) is 8.89. The molecule has 1 aromatic heterocycles. The van der Waals surface area contributed by atoms with Crippen molar-refractivity contribution in [2.45, 2.75) is 32.6 Å². The number of carbonyl (C=O) groups excluding carboxylic acids is 2. The molecule has 1 aromatic rings. The summed E-state index contributed by atoms with van der Waals surface area (Å²) >= 11 is 0. The molecule has 0 bridgehead atoms. The lowest BCUT2D eigenvalue weighted by Gasteiger charge is -2.35. The molecule has 0 N–H and O–H groups in total. The maximum absolute atomic E-state index is 12.7. The molecular weight excluding hydrogens is 330 g/mol. The molecule has 1 aliphatic heterocycles. The van der Waals surface area contributed by atoms with Crippen LogP contribution < -0.4 is 0 Å². The minimum absolute atomic E-state index is 0.0911. The molecule has 2 aliphatic rings. The van der Waals surface area contributed by atoms with Gasteiger partial charge in [0.25, 0.3) is 5.91 Å². The number of aromatic nitrogens is 2. The van der Waals surface area contributed by atoms with Gasteiger partial charge < -0.3 is 9.80 Å². The van der Waals surface area contributed by atoms with Gasteiger partial charge in [-0.15, -0.1) is 0 Å². The Bertz CT molecular complexity index is 653. The van der Waals surface area contributed by atoms with E-state index in [4.69, 9.17) is 0 Å². The Morgan fingerprint density at radius 2 is 1.96 bits per heavy atom. The molecule has 1 aliphatic carbocycles. The number of rotatable bonds is 5. The fourth-order valence-corrected chi connectivity index (χ4v) is 3.56. The van der Waals surface area contributed by atoms with Gasteiger partial charge in [-0.3, -0.25) is 19.5 Å². The van der Waals surface area contributed by atoms with Gasteiger partial charge in [0, 0.05) is 50.8 Å². The summed E-state index contributed by atoms with van der Waals surface area (Å²) in [5, 5.41) is 0. The van der Waals surface area contributed by atoms with E-state index in [2.05, 4.69) is 20.9 Å². The highest BCUT2D eigenvalue weighted by Gasteiger charge is 2.26. The second-order valence-electron chi connectivity index (χ2n) is 6.74. The van der Waals surface area contributed by atoms with Crippen LogP contribution in [0.1, 0.15) is 43.1 Å². The van der Waals surface area contributed by atoms with E-state index < -0.39 is 0 Å². The van der Waals surface area contributed by atoms with Gasteiger partial charge in [0.15, 0.2) is 0 Å². The Morgan fingerprint density at radius 3 is 2.58 bits per heavy atom. The average Bonchev–Trinajstić information content (AvgIpc) is 2.70. The van der Waals surface area contributed by atoms with Crippen molar-refractivity contribution in [3.63, 3.8) is 0 Å². The van der Waals surface area contributed by atoms with Crippen molar-refractivity contribution in [1.82, 2.24) is 24.7 Å². The van der Waals surface area contributed by atoms with E-state index in [1.54, 1.807) is 11.1 Å². The van der Waals surface area contributed by atoms with Crippen molar-refractivity contribution in [3.8, 4) is 0 Å². The Morgan fingerprint density at radius 1 is 1.15 bits per heavy atom. The molecule has 1 saturated heterocycles. The quantitative estimate of drug-likeness (QED) is 0.799.